The molecule has 3 heteroatoms. The average Bonchev–Trinajstić information content (AvgIpc) is 2.54. The van der Waals surface area contributed by atoms with Gasteiger partial charge in [-0.1, -0.05) is 38.4 Å². The molecule has 2 aromatic rings. The second kappa shape index (κ2) is 3.77. The molecule has 0 bridgehead atoms. The Morgan fingerprint density at radius 2 is 2.00 bits per heavy atom. The predicted molar refractivity (Wildman–Crippen MR) is 69.1 cm³/mol. The third-order valence-electron chi connectivity index (χ3n) is 2.87. The van der Waals surface area contributed by atoms with Gasteiger partial charge in [-0.2, -0.15) is 5.10 Å². The molecule has 0 saturated heterocycles. The summed E-state index contributed by atoms with van der Waals surface area (Å²) in [5.41, 5.74) is 2.55. The molecule has 0 N–H and O–H groups in total. The van der Waals surface area contributed by atoms with Crippen molar-refractivity contribution in [3.63, 3.8) is 0 Å². The van der Waals surface area contributed by atoms with Gasteiger partial charge in [0.05, 0.1) is 5.52 Å². The number of rotatable bonds is 1. The van der Waals surface area contributed by atoms with Gasteiger partial charge in [-0.15, -0.1) is 0 Å². The molecule has 1 heterocycles. The summed E-state index contributed by atoms with van der Waals surface area (Å²) in [5.74, 6) is 0. The van der Waals surface area contributed by atoms with Crippen molar-refractivity contribution in [2.75, 3.05) is 0 Å². The largest absolute Gasteiger partial charge is 0.264 e. The number of fused-ring (bicyclic) bond motifs is 1. The molecular formula is C13H17ClN2. The molecule has 0 unspecified atom stereocenters. The van der Waals surface area contributed by atoms with Gasteiger partial charge in [-0.05, 0) is 30.0 Å². The number of halogens is 1. The SMILES string of the molecule is CCn1nc(Cl)c2cc(C(C)(C)C)ccc21. The highest BCUT2D eigenvalue weighted by molar-refractivity contribution is 6.34. The van der Waals surface area contributed by atoms with Gasteiger partial charge in [0.15, 0.2) is 5.15 Å². The molecule has 2 nitrogen and oxygen atoms in total. The Kier molecular flexibility index (Phi) is 2.70. The Morgan fingerprint density at radius 1 is 1.31 bits per heavy atom. The van der Waals surface area contributed by atoms with Gasteiger partial charge >= 0.3 is 0 Å². The number of nitrogens with zero attached hydrogens (tertiary/aromatic N) is 2. The molecule has 0 fully saturated rings. The van der Waals surface area contributed by atoms with E-state index in [0.29, 0.717) is 5.15 Å². The van der Waals surface area contributed by atoms with Crippen LogP contribution in [0.3, 0.4) is 0 Å². The summed E-state index contributed by atoms with van der Waals surface area (Å²) in [6.45, 7) is 9.52. The molecule has 0 aliphatic rings. The van der Waals surface area contributed by atoms with E-state index in [4.69, 9.17) is 11.6 Å². The summed E-state index contributed by atoms with van der Waals surface area (Å²) in [5, 5.41) is 5.97. The Bertz CT molecular complexity index is 520. The molecule has 2 rings (SSSR count). The summed E-state index contributed by atoms with van der Waals surface area (Å²) in [4.78, 5) is 0. The normalized spacial score (nSPS) is 12.3. The minimum absolute atomic E-state index is 0.145. The highest BCUT2D eigenvalue weighted by Gasteiger charge is 2.16. The van der Waals surface area contributed by atoms with E-state index in [2.05, 4.69) is 51.0 Å². The van der Waals surface area contributed by atoms with Crippen LogP contribution >= 0.6 is 11.6 Å². The summed E-state index contributed by atoms with van der Waals surface area (Å²) in [6.07, 6.45) is 0. The predicted octanol–water partition coefficient (Wildman–Crippen LogP) is 4.01. The fourth-order valence-corrected chi connectivity index (χ4v) is 2.09. The maximum Gasteiger partial charge on any atom is 0.158 e. The molecule has 0 aliphatic heterocycles. The van der Waals surface area contributed by atoms with Gasteiger partial charge in [0.25, 0.3) is 0 Å². The standard InChI is InChI=1S/C13H17ClN2/c1-5-16-11-7-6-9(13(2,3)4)8-10(11)12(14)15-16/h6-8H,5H2,1-4H3. The van der Waals surface area contributed by atoms with Gasteiger partial charge in [0.2, 0.25) is 0 Å². The van der Waals surface area contributed by atoms with Gasteiger partial charge < -0.3 is 0 Å². The van der Waals surface area contributed by atoms with Crippen LogP contribution in [-0.4, -0.2) is 9.78 Å². The van der Waals surface area contributed by atoms with E-state index in [-0.39, 0.29) is 5.41 Å². The van der Waals surface area contributed by atoms with Crippen molar-refractivity contribution >= 4 is 22.5 Å². The molecular weight excluding hydrogens is 220 g/mol. The number of benzene rings is 1. The van der Waals surface area contributed by atoms with Crippen LogP contribution in [0.15, 0.2) is 18.2 Å². The Hall–Kier alpha value is -1.02. The van der Waals surface area contributed by atoms with Crippen molar-refractivity contribution in [2.24, 2.45) is 0 Å². The van der Waals surface area contributed by atoms with Crippen molar-refractivity contribution in [2.45, 2.75) is 39.7 Å². The molecule has 0 atom stereocenters. The third-order valence-corrected chi connectivity index (χ3v) is 3.15. The maximum atomic E-state index is 6.15. The first-order valence-electron chi connectivity index (χ1n) is 5.60. The van der Waals surface area contributed by atoms with Crippen LogP contribution in [0.4, 0.5) is 0 Å². The summed E-state index contributed by atoms with van der Waals surface area (Å²) >= 11 is 6.15. The number of aromatic nitrogens is 2. The van der Waals surface area contributed by atoms with Gasteiger partial charge in [-0.3, -0.25) is 4.68 Å². The molecule has 16 heavy (non-hydrogen) atoms. The molecule has 86 valence electrons. The lowest BCUT2D eigenvalue weighted by Gasteiger charge is -2.18. The zero-order valence-corrected chi connectivity index (χ0v) is 11.0. The lowest BCUT2D eigenvalue weighted by atomic mass is 9.86. The molecule has 1 aromatic carbocycles. The van der Waals surface area contributed by atoms with Gasteiger partial charge in [-0.25, -0.2) is 0 Å². The van der Waals surface area contributed by atoms with E-state index >= 15 is 0 Å². The first-order chi connectivity index (χ1) is 7.43. The lowest BCUT2D eigenvalue weighted by molar-refractivity contribution is 0.591. The molecule has 0 amide bonds. The van der Waals surface area contributed by atoms with E-state index in [1.165, 1.54) is 5.56 Å². The Balaban J connectivity index is 2.67. The first-order valence-corrected chi connectivity index (χ1v) is 5.98. The summed E-state index contributed by atoms with van der Waals surface area (Å²) < 4.78 is 1.93. The fourth-order valence-electron chi connectivity index (χ4n) is 1.85. The van der Waals surface area contributed by atoms with Crippen molar-refractivity contribution in [3.05, 3.63) is 28.9 Å². The highest BCUT2D eigenvalue weighted by atomic mass is 35.5. The van der Waals surface area contributed by atoms with Crippen LogP contribution in [0.25, 0.3) is 10.9 Å². The van der Waals surface area contributed by atoms with Crippen LogP contribution < -0.4 is 0 Å². The van der Waals surface area contributed by atoms with Crippen molar-refractivity contribution in [1.29, 1.82) is 0 Å². The van der Waals surface area contributed by atoms with Crippen molar-refractivity contribution in [3.8, 4) is 0 Å². The molecule has 0 spiro atoms. The maximum absolute atomic E-state index is 6.15. The van der Waals surface area contributed by atoms with E-state index in [0.717, 1.165) is 17.4 Å². The van der Waals surface area contributed by atoms with Crippen LogP contribution in [0.2, 0.25) is 5.15 Å². The zero-order chi connectivity index (χ0) is 11.9. The molecule has 0 radical (unpaired) electrons. The van der Waals surface area contributed by atoms with Crippen LogP contribution in [0.1, 0.15) is 33.3 Å². The number of aryl methyl sites for hydroxylation is 1. The number of hydrogen-bond acceptors (Lipinski definition) is 1. The van der Waals surface area contributed by atoms with E-state index in [1.54, 1.807) is 0 Å². The molecule has 0 aliphatic carbocycles. The van der Waals surface area contributed by atoms with Crippen LogP contribution in [0, 0.1) is 0 Å². The summed E-state index contributed by atoms with van der Waals surface area (Å²) in [7, 11) is 0. The highest BCUT2D eigenvalue weighted by Crippen LogP contribution is 2.29. The molecule has 1 aromatic heterocycles. The average molecular weight is 237 g/mol. The number of hydrogen-bond donors (Lipinski definition) is 0. The molecule has 0 saturated carbocycles. The fraction of sp³-hybridized carbons (Fsp3) is 0.462. The van der Waals surface area contributed by atoms with Crippen molar-refractivity contribution in [1.82, 2.24) is 9.78 Å². The van der Waals surface area contributed by atoms with Gasteiger partial charge in [0, 0.05) is 11.9 Å². The van der Waals surface area contributed by atoms with E-state index in [1.807, 2.05) is 4.68 Å². The smallest absolute Gasteiger partial charge is 0.158 e. The second-order valence-corrected chi connectivity index (χ2v) is 5.45. The minimum atomic E-state index is 0.145. The summed E-state index contributed by atoms with van der Waals surface area (Å²) in [6, 6.07) is 6.42. The van der Waals surface area contributed by atoms with Gasteiger partial charge in [0.1, 0.15) is 0 Å². The topological polar surface area (TPSA) is 17.8 Å². The zero-order valence-electron chi connectivity index (χ0n) is 10.2. The van der Waals surface area contributed by atoms with E-state index < -0.39 is 0 Å². The third kappa shape index (κ3) is 1.82. The second-order valence-electron chi connectivity index (χ2n) is 5.09. The van der Waals surface area contributed by atoms with Crippen LogP contribution in [0.5, 0.6) is 0 Å². The Morgan fingerprint density at radius 3 is 2.56 bits per heavy atom. The van der Waals surface area contributed by atoms with E-state index in [9.17, 15) is 0 Å². The quantitative estimate of drug-likeness (QED) is 0.732. The Labute approximate surface area is 101 Å². The minimum Gasteiger partial charge on any atom is -0.264 e. The first kappa shape index (κ1) is 11.5. The lowest BCUT2D eigenvalue weighted by Crippen LogP contribution is -2.10. The van der Waals surface area contributed by atoms with Crippen LogP contribution in [-0.2, 0) is 12.0 Å². The van der Waals surface area contributed by atoms with Crippen molar-refractivity contribution < 1.29 is 0 Å². The monoisotopic (exact) mass is 236 g/mol.